The minimum absolute atomic E-state index is 0.0899. The SMILES string of the molecule is CCC1CN(S(=O)(=O)CCS(C)(=O)=O)CCC1=O. The predicted octanol–water partition coefficient (Wildman–Crippen LogP) is -0.338. The van der Waals surface area contributed by atoms with Crippen molar-refractivity contribution < 1.29 is 21.6 Å². The first-order valence-corrected chi connectivity index (χ1v) is 9.51. The van der Waals surface area contributed by atoms with Gasteiger partial charge in [-0.3, -0.25) is 4.79 Å². The minimum atomic E-state index is -3.58. The van der Waals surface area contributed by atoms with Crippen molar-refractivity contribution in [3.63, 3.8) is 0 Å². The van der Waals surface area contributed by atoms with E-state index in [1.54, 1.807) is 0 Å². The second kappa shape index (κ2) is 5.66. The van der Waals surface area contributed by atoms with Gasteiger partial charge in [0, 0.05) is 31.7 Å². The topological polar surface area (TPSA) is 88.6 Å². The molecule has 0 amide bonds. The molecule has 0 aliphatic carbocycles. The zero-order valence-electron chi connectivity index (χ0n) is 10.6. The Balaban J connectivity index is 2.71. The fourth-order valence-electron chi connectivity index (χ4n) is 1.87. The first-order valence-electron chi connectivity index (χ1n) is 5.84. The zero-order chi connectivity index (χ0) is 14.0. The number of sulfone groups is 1. The van der Waals surface area contributed by atoms with Crippen LogP contribution in [-0.4, -0.2) is 57.8 Å². The number of rotatable bonds is 5. The number of carbonyl (C=O) groups excluding carboxylic acids is 1. The molecule has 0 spiro atoms. The van der Waals surface area contributed by atoms with Gasteiger partial charge in [-0.25, -0.2) is 21.1 Å². The van der Waals surface area contributed by atoms with Gasteiger partial charge in [0.25, 0.3) is 0 Å². The molecule has 1 heterocycles. The largest absolute Gasteiger partial charge is 0.299 e. The van der Waals surface area contributed by atoms with Gasteiger partial charge in [0.2, 0.25) is 10.0 Å². The zero-order valence-corrected chi connectivity index (χ0v) is 12.3. The molecule has 0 saturated carbocycles. The van der Waals surface area contributed by atoms with Gasteiger partial charge in [-0.05, 0) is 6.42 Å². The molecule has 1 unspecified atom stereocenters. The summed E-state index contributed by atoms with van der Waals surface area (Å²) in [5.41, 5.74) is 0. The van der Waals surface area contributed by atoms with Gasteiger partial charge in [-0.1, -0.05) is 6.92 Å². The standard InChI is InChI=1S/C10H19NO5S2/c1-3-9-8-11(5-4-10(9)12)18(15,16)7-6-17(2,13)14/h9H,3-8H2,1-2H3. The second-order valence-electron chi connectivity index (χ2n) is 4.63. The molecule has 1 atom stereocenters. The molecule has 1 saturated heterocycles. The molecule has 0 aromatic carbocycles. The van der Waals surface area contributed by atoms with Gasteiger partial charge in [-0.2, -0.15) is 0 Å². The summed E-state index contributed by atoms with van der Waals surface area (Å²) in [6.07, 6.45) is 1.84. The summed E-state index contributed by atoms with van der Waals surface area (Å²) < 4.78 is 47.1. The molecule has 8 heteroatoms. The van der Waals surface area contributed by atoms with Crippen molar-refractivity contribution in [2.45, 2.75) is 19.8 Å². The van der Waals surface area contributed by atoms with Crippen molar-refractivity contribution in [2.75, 3.05) is 30.9 Å². The Kier molecular flexibility index (Phi) is 4.90. The van der Waals surface area contributed by atoms with Gasteiger partial charge in [0.15, 0.2) is 0 Å². The van der Waals surface area contributed by atoms with E-state index >= 15 is 0 Å². The third-order valence-electron chi connectivity index (χ3n) is 3.09. The molecule has 0 N–H and O–H groups in total. The quantitative estimate of drug-likeness (QED) is 0.693. The molecule has 6 nitrogen and oxygen atoms in total. The van der Waals surface area contributed by atoms with Gasteiger partial charge in [0.1, 0.15) is 15.6 Å². The molecular weight excluding hydrogens is 278 g/mol. The third kappa shape index (κ3) is 4.33. The molecule has 0 aromatic rings. The van der Waals surface area contributed by atoms with Gasteiger partial charge >= 0.3 is 0 Å². The average molecular weight is 297 g/mol. The van der Waals surface area contributed by atoms with E-state index in [-0.39, 0.29) is 37.0 Å². The number of sulfonamides is 1. The normalized spacial score (nSPS) is 23.2. The lowest BCUT2D eigenvalue weighted by Gasteiger charge is -2.30. The summed E-state index contributed by atoms with van der Waals surface area (Å²) in [4.78, 5) is 11.5. The monoisotopic (exact) mass is 297 g/mol. The van der Waals surface area contributed by atoms with Gasteiger partial charge in [0.05, 0.1) is 11.5 Å². The van der Waals surface area contributed by atoms with Crippen LogP contribution in [0.4, 0.5) is 0 Å². The highest BCUT2D eigenvalue weighted by Crippen LogP contribution is 2.19. The van der Waals surface area contributed by atoms with Crippen LogP contribution >= 0.6 is 0 Å². The molecule has 0 bridgehead atoms. The van der Waals surface area contributed by atoms with Crippen LogP contribution in [0.5, 0.6) is 0 Å². The van der Waals surface area contributed by atoms with Crippen molar-refractivity contribution in [3.05, 3.63) is 0 Å². The number of hydrogen-bond acceptors (Lipinski definition) is 5. The number of nitrogens with zero attached hydrogens (tertiary/aromatic N) is 1. The highest BCUT2D eigenvalue weighted by molar-refractivity contribution is 7.93. The van der Waals surface area contributed by atoms with E-state index in [1.807, 2.05) is 6.92 Å². The maximum atomic E-state index is 12.0. The van der Waals surface area contributed by atoms with Crippen LogP contribution in [0.3, 0.4) is 0 Å². The summed E-state index contributed by atoms with van der Waals surface area (Å²) in [5, 5.41) is 0. The Morgan fingerprint density at radius 2 is 1.83 bits per heavy atom. The first-order chi connectivity index (χ1) is 8.15. The van der Waals surface area contributed by atoms with E-state index in [4.69, 9.17) is 0 Å². The van der Waals surface area contributed by atoms with Crippen LogP contribution in [0, 0.1) is 5.92 Å². The maximum Gasteiger partial charge on any atom is 0.215 e. The number of Topliss-reactive ketones (excluding diaryl/α,β-unsaturated/α-hetero) is 1. The van der Waals surface area contributed by atoms with Gasteiger partial charge < -0.3 is 0 Å². The summed E-state index contributed by atoms with van der Waals surface area (Å²) >= 11 is 0. The molecule has 106 valence electrons. The Morgan fingerprint density at radius 1 is 1.22 bits per heavy atom. The van der Waals surface area contributed by atoms with E-state index in [0.29, 0.717) is 6.42 Å². The lowest BCUT2D eigenvalue weighted by molar-refractivity contribution is -0.125. The highest BCUT2D eigenvalue weighted by Gasteiger charge is 2.32. The molecule has 1 aliphatic heterocycles. The fourth-order valence-corrected chi connectivity index (χ4v) is 4.96. The Bertz CT molecular complexity index is 508. The average Bonchev–Trinajstić information content (AvgIpc) is 2.26. The predicted molar refractivity (Wildman–Crippen MR) is 68.5 cm³/mol. The maximum absolute atomic E-state index is 12.0. The van der Waals surface area contributed by atoms with E-state index in [0.717, 1.165) is 6.26 Å². The van der Waals surface area contributed by atoms with E-state index in [1.165, 1.54) is 4.31 Å². The van der Waals surface area contributed by atoms with Crippen LogP contribution in [0.2, 0.25) is 0 Å². The van der Waals surface area contributed by atoms with E-state index in [2.05, 4.69) is 0 Å². The summed E-state index contributed by atoms with van der Waals surface area (Å²) in [6.45, 7) is 2.19. The van der Waals surface area contributed by atoms with Crippen LogP contribution < -0.4 is 0 Å². The summed E-state index contributed by atoms with van der Waals surface area (Å²) in [7, 11) is -6.88. The third-order valence-corrected chi connectivity index (χ3v) is 6.13. The van der Waals surface area contributed by atoms with Crippen molar-refractivity contribution in [3.8, 4) is 0 Å². The molecule has 0 aromatic heterocycles. The smallest absolute Gasteiger partial charge is 0.215 e. The Morgan fingerprint density at radius 3 is 2.33 bits per heavy atom. The molecular formula is C10H19NO5S2. The molecule has 1 fully saturated rings. The summed E-state index contributed by atoms with van der Waals surface area (Å²) in [6, 6.07) is 0. The van der Waals surface area contributed by atoms with Crippen LogP contribution in [0.25, 0.3) is 0 Å². The molecule has 1 rings (SSSR count). The van der Waals surface area contributed by atoms with E-state index in [9.17, 15) is 21.6 Å². The molecule has 18 heavy (non-hydrogen) atoms. The van der Waals surface area contributed by atoms with Crippen molar-refractivity contribution in [2.24, 2.45) is 5.92 Å². The number of carbonyl (C=O) groups is 1. The number of piperidine rings is 1. The Hall–Kier alpha value is -0.470. The number of ketones is 1. The van der Waals surface area contributed by atoms with Crippen molar-refractivity contribution >= 4 is 25.6 Å². The summed E-state index contributed by atoms with van der Waals surface area (Å²) in [5.74, 6) is -0.952. The van der Waals surface area contributed by atoms with E-state index < -0.39 is 25.6 Å². The highest BCUT2D eigenvalue weighted by atomic mass is 32.2. The lowest BCUT2D eigenvalue weighted by atomic mass is 9.96. The lowest BCUT2D eigenvalue weighted by Crippen LogP contribution is -2.45. The van der Waals surface area contributed by atoms with Crippen LogP contribution in [0.1, 0.15) is 19.8 Å². The first kappa shape index (κ1) is 15.6. The molecule has 1 aliphatic rings. The van der Waals surface area contributed by atoms with Gasteiger partial charge in [-0.15, -0.1) is 0 Å². The minimum Gasteiger partial charge on any atom is -0.299 e. The Labute approximate surface area is 108 Å². The fraction of sp³-hybridized carbons (Fsp3) is 0.900. The number of hydrogen-bond donors (Lipinski definition) is 0. The van der Waals surface area contributed by atoms with Crippen molar-refractivity contribution in [1.82, 2.24) is 4.31 Å². The van der Waals surface area contributed by atoms with Crippen LogP contribution in [-0.2, 0) is 24.7 Å². The second-order valence-corrected chi connectivity index (χ2v) is 8.97. The van der Waals surface area contributed by atoms with Crippen LogP contribution in [0.15, 0.2) is 0 Å². The van der Waals surface area contributed by atoms with Crippen molar-refractivity contribution in [1.29, 1.82) is 0 Å². The molecule has 0 radical (unpaired) electrons.